The Hall–Kier alpha value is -0.260. The van der Waals surface area contributed by atoms with Crippen molar-refractivity contribution >= 4 is 0 Å². The minimum Gasteiger partial charge on any atom is -0.0885 e. The zero-order valence-corrected chi connectivity index (χ0v) is 6.56. The Kier molecular flexibility index (Phi) is 5.70. The van der Waals surface area contributed by atoms with Crippen LogP contribution in [-0.2, 0) is 0 Å². The summed E-state index contributed by atoms with van der Waals surface area (Å²) in [5, 5.41) is 0. The molecular formula is C9H17. The molecule has 0 fully saturated rings. The first-order valence-electron chi connectivity index (χ1n) is 3.77. The molecule has 9 heavy (non-hydrogen) atoms. The second-order valence-electron chi connectivity index (χ2n) is 2.46. The van der Waals surface area contributed by atoms with E-state index in [2.05, 4.69) is 32.9 Å². The fraction of sp³-hybridized carbons (Fsp3) is 0.667. The van der Waals surface area contributed by atoms with Gasteiger partial charge in [0.05, 0.1) is 0 Å². The van der Waals surface area contributed by atoms with Crippen LogP contribution in [0.2, 0.25) is 0 Å². The molecule has 0 nitrogen and oxygen atoms in total. The first kappa shape index (κ1) is 8.74. The smallest absolute Gasteiger partial charge is 0.0262 e. The summed E-state index contributed by atoms with van der Waals surface area (Å²) in [6.07, 6.45) is 7.92. The highest BCUT2D eigenvalue weighted by atomic mass is 14.0. The third kappa shape index (κ3) is 5.61. The first-order valence-corrected chi connectivity index (χ1v) is 3.77. The standard InChI is InChI=1S/C9H17/c1-4-6-8-9(3)7-5-2/h6,8-9H,2,4-5,7H2,1,3H3. The molecule has 0 rings (SSSR count). The van der Waals surface area contributed by atoms with Crippen LogP contribution in [0.1, 0.15) is 33.1 Å². The van der Waals surface area contributed by atoms with E-state index in [-0.39, 0.29) is 0 Å². The Labute approximate surface area is 59.0 Å². The van der Waals surface area contributed by atoms with Gasteiger partial charge in [0.25, 0.3) is 0 Å². The van der Waals surface area contributed by atoms with E-state index in [1.54, 1.807) is 0 Å². The molecule has 0 saturated heterocycles. The molecule has 0 spiro atoms. The Bertz CT molecular complexity index is 72.1. The lowest BCUT2D eigenvalue weighted by Gasteiger charge is -2.00. The number of hydrogen-bond acceptors (Lipinski definition) is 0. The van der Waals surface area contributed by atoms with Gasteiger partial charge in [-0.15, -0.1) is 0 Å². The van der Waals surface area contributed by atoms with Crippen LogP contribution >= 0.6 is 0 Å². The van der Waals surface area contributed by atoms with Gasteiger partial charge in [-0.2, -0.15) is 0 Å². The summed E-state index contributed by atoms with van der Waals surface area (Å²) in [7, 11) is 0. The van der Waals surface area contributed by atoms with E-state index in [4.69, 9.17) is 0 Å². The van der Waals surface area contributed by atoms with Crippen molar-refractivity contribution in [2.24, 2.45) is 5.92 Å². The molecule has 0 aromatic carbocycles. The molecule has 0 bridgehead atoms. The molecule has 0 saturated carbocycles. The van der Waals surface area contributed by atoms with Crippen molar-refractivity contribution in [1.82, 2.24) is 0 Å². The highest BCUT2D eigenvalue weighted by molar-refractivity contribution is 4.85. The van der Waals surface area contributed by atoms with Gasteiger partial charge >= 0.3 is 0 Å². The Morgan fingerprint density at radius 2 is 2.22 bits per heavy atom. The molecule has 1 atom stereocenters. The largest absolute Gasteiger partial charge is 0.0885 e. The van der Waals surface area contributed by atoms with E-state index in [0.29, 0.717) is 0 Å². The fourth-order valence-corrected chi connectivity index (χ4v) is 0.787. The summed E-state index contributed by atoms with van der Waals surface area (Å²) in [4.78, 5) is 0. The highest BCUT2D eigenvalue weighted by Gasteiger charge is 1.91. The van der Waals surface area contributed by atoms with Crippen molar-refractivity contribution in [3.63, 3.8) is 0 Å². The summed E-state index contributed by atoms with van der Waals surface area (Å²) < 4.78 is 0. The van der Waals surface area contributed by atoms with Crippen molar-refractivity contribution in [2.75, 3.05) is 0 Å². The molecule has 0 aliphatic heterocycles. The van der Waals surface area contributed by atoms with Gasteiger partial charge < -0.3 is 0 Å². The molecule has 0 heteroatoms. The van der Waals surface area contributed by atoms with Gasteiger partial charge in [-0.05, 0) is 18.8 Å². The zero-order valence-electron chi connectivity index (χ0n) is 6.56. The molecule has 1 radical (unpaired) electrons. The molecule has 0 heterocycles. The molecule has 0 amide bonds. The van der Waals surface area contributed by atoms with E-state index >= 15 is 0 Å². The van der Waals surface area contributed by atoms with Gasteiger partial charge in [-0.1, -0.05) is 39.3 Å². The van der Waals surface area contributed by atoms with Crippen molar-refractivity contribution in [1.29, 1.82) is 0 Å². The lowest BCUT2D eigenvalue weighted by atomic mass is 10.1. The third-order valence-electron chi connectivity index (χ3n) is 1.36. The first-order chi connectivity index (χ1) is 4.31. The predicted octanol–water partition coefficient (Wildman–Crippen LogP) is 3.20. The summed E-state index contributed by atoms with van der Waals surface area (Å²) in [6, 6.07) is 0. The van der Waals surface area contributed by atoms with Gasteiger partial charge in [0, 0.05) is 0 Å². The van der Waals surface area contributed by atoms with Crippen LogP contribution in [0, 0.1) is 12.8 Å². The quantitative estimate of drug-likeness (QED) is 0.506. The van der Waals surface area contributed by atoms with E-state index < -0.39 is 0 Å². The van der Waals surface area contributed by atoms with Crippen LogP contribution in [0.5, 0.6) is 0 Å². The summed E-state index contributed by atoms with van der Waals surface area (Å²) in [6.45, 7) is 8.19. The number of rotatable bonds is 4. The Balaban J connectivity index is 3.25. The average molecular weight is 125 g/mol. The molecule has 0 aromatic rings. The van der Waals surface area contributed by atoms with Gasteiger partial charge in [0.15, 0.2) is 0 Å². The zero-order chi connectivity index (χ0) is 7.11. The SMILES string of the molecule is [CH2]CCC(C)C=CCC. The van der Waals surface area contributed by atoms with Crippen molar-refractivity contribution < 1.29 is 0 Å². The van der Waals surface area contributed by atoms with Gasteiger partial charge in [-0.3, -0.25) is 0 Å². The molecule has 1 unspecified atom stereocenters. The fourth-order valence-electron chi connectivity index (χ4n) is 0.787. The van der Waals surface area contributed by atoms with Crippen LogP contribution in [0.25, 0.3) is 0 Å². The van der Waals surface area contributed by atoms with E-state index in [1.165, 1.54) is 6.42 Å². The molecule has 53 valence electrons. The Morgan fingerprint density at radius 1 is 1.56 bits per heavy atom. The summed E-state index contributed by atoms with van der Waals surface area (Å²) in [5.74, 6) is 0.724. The topological polar surface area (TPSA) is 0 Å². The molecule has 0 aliphatic rings. The highest BCUT2D eigenvalue weighted by Crippen LogP contribution is 2.05. The average Bonchev–Trinajstić information content (AvgIpc) is 1.85. The molecule has 0 aliphatic carbocycles. The van der Waals surface area contributed by atoms with Crippen LogP contribution in [0.15, 0.2) is 12.2 Å². The predicted molar refractivity (Wildman–Crippen MR) is 43.2 cm³/mol. The second kappa shape index (κ2) is 5.87. The van der Waals surface area contributed by atoms with E-state index in [0.717, 1.165) is 18.8 Å². The normalized spacial score (nSPS) is 14.6. The van der Waals surface area contributed by atoms with Gasteiger partial charge in [0.1, 0.15) is 0 Å². The Morgan fingerprint density at radius 3 is 2.67 bits per heavy atom. The minimum absolute atomic E-state index is 0.724. The number of hydrogen-bond donors (Lipinski definition) is 0. The van der Waals surface area contributed by atoms with Crippen LogP contribution in [-0.4, -0.2) is 0 Å². The van der Waals surface area contributed by atoms with Crippen LogP contribution in [0.3, 0.4) is 0 Å². The second-order valence-corrected chi connectivity index (χ2v) is 2.46. The molecule has 0 N–H and O–H groups in total. The maximum Gasteiger partial charge on any atom is -0.0262 e. The summed E-state index contributed by atoms with van der Waals surface area (Å²) >= 11 is 0. The number of allylic oxidation sites excluding steroid dienone is 2. The third-order valence-corrected chi connectivity index (χ3v) is 1.36. The lowest BCUT2D eigenvalue weighted by molar-refractivity contribution is 0.654. The summed E-state index contributed by atoms with van der Waals surface area (Å²) in [5.41, 5.74) is 0. The van der Waals surface area contributed by atoms with Crippen molar-refractivity contribution in [3.05, 3.63) is 19.1 Å². The van der Waals surface area contributed by atoms with Crippen molar-refractivity contribution in [3.8, 4) is 0 Å². The monoisotopic (exact) mass is 125 g/mol. The van der Waals surface area contributed by atoms with Gasteiger partial charge in [0.2, 0.25) is 0 Å². The van der Waals surface area contributed by atoms with Gasteiger partial charge in [-0.25, -0.2) is 0 Å². The molecular weight excluding hydrogens is 108 g/mol. The maximum absolute atomic E-state index is 3.80. The lowest BCUT2D eigenvalue weighted by Crippen LogP contribution is -1.86. The molecule has 0 aromatic heterocycles. The van der Waals surface area contributed by atoms with Crippen molar-refractivity contribution in [2.45, 2.75) is 33.1 Å². The maximum atomic E-state index is 3.80. The van der Waals surface area contributed by atoms with E-state index in [9.17, 15) is 0 Å². The van der Waals surface area contributed by atoms with Crippen LogP contribution < -0.4 is 0 Å². The minimum atomic E-state index is 0.724. The van der Waals surface area contributed by atoms with Crippen LogP contribution in [0.4, 0.5) is 0 Å². The van der Waals surface area contributed by atoms with E-state index in [1.807, 2.05) is 0 Å².